The number of hydrogen-bond donors (Lipinski definition) is 1. The molecule has 1 fully saturated rings. The molecule has 1 N–H and O–H groups in total. The molecule has 2 nitrogen and oxygen atoms in total. The molecule has 0 radical (unpaired) electrons. The predicted molar refractivity (Wildman–Crippen MR) is 75.6 cm³/mol. The zero-order valence-corrected chi connectivity index (χ0v) is 12.0. The minimum absolute atomic E-state index is 0.491. The van der Waals surface area contributed by atoms with Gasteiger partial charge >= 0.3 is 0 Å². The van der Waals surface area contributed by atoms with Crippen molar-refractivity contribution in [3.8, 4) is 0 Å². The lowest BCUT2D eigenvalue weighted by Crippen LogP contribution is -2.35. The van der Waals surface area contributed by atoms with Crippen molar-refractivity contribution >= 4 is 11.3 Å². The van der Waals surface area contributed by atoms with E-state index in [9.17, 15) is 0 Å². The Kier molecular flexibility index (Phi) is 4.60. The van der Waals surface area contributed by atoms with Crippen molar-refractivity contribution in [3.05, 3.63) is 22.4 Å². The highest BCUT2D eigenvalue weighted by Crippen LogP contribution is 2.22. The van der Waals surface area contributed by atoms with Crippen LogP contribution in [0.5, 0.6) is 0 Å². The normalized spacial score (nSPS) is 27.5. The van der Waals surface area contributed by atoms with Crippen molar-refractivity contribution < 1.29 is 0 Å². The zero-order chi connectivity index (χ0) is 12.3. The SMILES string of the molecule is CC1CC(C)N(CCNC(C)c2cccs2)C1. The fourth-order valence-corrected chi connectivity index (χ4v) is 3.52. The number of likely N-dealkylation sites (tertiary alicyclic amines) is 1. The molecular formula is C14H24N2S. The second-order valence-corrected chi connectivity index (χ2v) is 6.36. The average molecular weight is 252 g/mol. The Morgan fingerprint density at radius 3 is 2.94 bits per heavy atom. The first-order valence-electron chi connectivity index (χ1n) is 6.67. The van der Waals surface area contributed by atoms with Crippen LogP contribution in [0, 0.1) is 5.92 Å². The van der Waals surface area contributed by atoms with Gasteiger partial charge in [-0.25, -0.2) is 0 Å². The van der Waals surface area contributed by atoms with E-state index in [1.807, 2.05) is 11.3 Å². The molecule has 2 rings (SSSR count). The van der Waals surface area contributed by atoms with Crippen LogP contribution in [0.4, 0.5) is 0 Å². The van der Waals surface area contributed by atoms with Gasteiger partial charge in [0.1, 0.15) is 0 Å². The van der Waals surface area contributed by atoms with Crippen LogP contribution in [-0.2, 0) is 0 Å². The van der Waals surface area contributed by atoms with Crippen LogP contribution in [-0.4, -0.2) is 30.6 Å². The molecule has 1 aliphatic rings. The maximum atomic E-state index is 3.62. The third kappa shape index (κ3) is 3.54. The van der Waals surface area contributed by atoms with Gasteiger partial charge in [-0.05, 0) is 37.6 Å². The van der Waals surface area contributed by atoms with Crippen LogP contribution in [0.25, 0.3) is 0 Å². The summed E-state index contributed by atoms with van der Waals surface area (Å²) < 4.78 is 0. The van der Waals surface area contributed by atoms with Gasteiger partial charge < -0.3 is 5.32 Å². The maximum Gasteiger partial charge on any atom is 0.0386 e. The number of thiophene rings is 1. The standard InChI is InChI=1S/C14H24N2S/c1-11-9-12(2)16(10-11)7-6-15-13(3)14-5-4-8-17-14/h4-5,8,11-13,15H,6-7,9-10H2,1-3H3. The Labute approximate surface area is 109 Å². The van der Waals surface area contributed by atoms with E-state index >= 15 is 0 Å². The van der Waals surface area contributed by atoms with E-state index in [0.29, 0.717) is 6.04 Å². The Bertz CT molecular complexity index is 323. The minimum atomic E-state index is 0.491. The molecule has 0 saturated carbocycles. The van der Waals surface area contributed by atoms with E-state index in [0.717, 1.165) is 18.5 Å². The number of hydrogen-bond acceptors (Lipinski definition) is 3. The average Bonchev–Trinajstić information content (AvgIpc) is 2.89. The third-order valence-electron chi connectivity index (χ3n) is 3.73. The molecule has 0 bridgehead atoms. The molecule has 0 amide bonds. The molecule has 1 aliphatic heterocycles. The molecule has 1 saturated heterocycles. The Morgan fingerprint density at radius 1 is 1.53 bits per heavy atom. The fourth-order valence-electron chi connectivity index (χ4n) is 2.76. The van der Waals surface area contributed by atoms with Gasteiger partial charge in [0.25, 0.3) is 0 Å². The van der Waals surface area contributed by atoms with Crippen molar-refractivity contribution in [1.82, 2.24) is 10.2 Å². The van der Waals surface area contributed by atoms with Gasteiger partial charge in [0.15, 0.2) is 0 Å². The summed E-state index contributed by atoms with van der Waals surface area (Å²) in [6.07, 6.45) is 1.36. The van der Waals surface area contributed by atoms with Crippen molar-refractivity contribution in [2.24, 2.45) is 5.92 Å². The molecule has 17 heavy (non-hydrogen) atoms. The van der Waals surface area contributed by atoms with E-state index in [4.69, 9.17) is 0 Å². The van der Waals surface area contributed by atoms with Crippen molar-refractivity contribution in [2.75, 3.05) is 19.6 Å². The lowest BCUT2D eigenvalue weighted by Gasteiger charge is -2.22. The van der Waals surface area contributed by atoms with Gasteiger partial charge in [0.2, 0.25) is 0 Å². The molecule has 2 heterocycles. The summed E-state index contributed by atoms with van der Waals surface area (Å²) in [6.45, 7) is 10.5. The van der Waals surface area contributed by atoms with Crippen LogP contribution in [0.1, 0.15) is 38.1 Å². The van der Waals surface area contributed by atoms with Crippen LogP contribution in [0.3, 0.4) is 0 Å². The smallest absolute Gasteiger partial charge is 0.0386 e. The molecule has 1 aromatic rings. The minimum Gasteiger partial charge on any atom is -0.308 e. The third-order valence-corrected chi connectivity index (χ3v) is 4.79. The topological polar surface area (TPSA) is 15.3 Å². The Hall–Kier alpha value is -0.380. The van der Waals surface area contributed by atoms with Gasteiger partial charge in [-0.3, -0.25) is 4.90 Å². The van der Waals surface area contributed by atoms with Crippen LogP contribution in [0.2, 0.25) is 0 Å². The molecule has 0 aromatic carbocycles. The first-order valence-corrected chi connectivity index (χ1v) is 7.55. The largest absolute Gasteiger partial charge is 0.308 e. The van der Waals surface area contributed by atoms with E-state index in [-0.39, 0.29) is 0 Å². The maximum absolute atomic E-state index is 3.62. The molecule has 0 spiro atoms. The summed E-state index contributed by atoms with van der Waals surface area (Å²) in [6, 6.07) is 5.60. The number of nitrogens with zero attached hydrogens (tertiary/aromatic N) is 1. The van der Waals surface area contributed by atoms with E-state index in [1.54, 1.807) is 0 Å². The molecule has 3 atom stereocenters. The van der Waals surface area contributed by atoms with Crippen molar-refractivity contribution in [1.29, 1.82) is 0 Å². The second-order valence-electron chi connectivity index (χ2n) is 5.38. The monoisotopic (exact) mass is 252 g/mol. The summed E-state index contributed by atoms with van der Waals surface area (Å²) >= 11 is 1.84. The van der Waals surface area contributed by atoms with E-state index in [2.05, 4.69) is 48.5 Å². The summed E-state index contributed by atoms with van der Waals surface area (Å²) in [5.74, 6) is 0.875. The highest BCUT2D eigenvalue weighted by molar-refractivity contribution is 7.10. The van der Waals surface area contributed by atoms with Gasteiger partial charge in [-0.1, -0.05) is 13.0 Å². The summed E-state index contributed by atoms with van der Waals surface area (Å²) in [4.78, 5) is 4.05. The van der Waals surface area contributed by atoms with Gasteiger partial charge in [-0.15, -0.1) is 11.3 Å². The molecule has 3 unspecified atom stereocenters. The zero-order valence-electron chi connectivity index (χ0n) is 11.1. The molecule has 3 heteroatoms. The lowest BCUT2D eigenvalue weighted by atomic mass is 10.1. The molecule has 96 valence electrons. The molecule has 0 aliphatic carbocycles. The van der Waals surface area contributed by atoms with Crippen molar-refractivity contribution in [2.45, 2.75) is 39.3 Å². The molecule has 1 aromatic heterocycles. The Balaban J connectivity index is 1.69. The first-order chi connectivity index (χ1) is 8.16. The van der Waals surface area contributed by atoms with Gasteiger partial charge in [-0.2, -0.15) is 0 Å². The van der Waals surface area contributed by atoms with Gasteiger partial charge in [0, 0.05) is 36.6 Å². The van der Waals surface area contributed by atoms with E-state index < -0.39 is 0 Å². The van der Waals surface area contributed by atoms with Crippen molar-refractivity contribution in [3.63, 3.8) is 0 Å². The van der Waals surface area contributed by atoms with Gasteiger partial charge in [0.05, 0.1) is 0 Å². The predicted octanol–water partition coefficient (Wildman–Crippen LogP) is 3.13. The quantitative estimate of drug-likeness (QED) is 0.866. The number of nitrogens with one attached hydrogen (secondary N) is 1. The highest BCUT2D eigenvalue weighted by atomic mass is 32.1. The van der Waals surface area contributed by atoms with E-state index in [1.165, 1.54) is 24.4 Å². The van der Waals surface area contributed by atoms with Crippen LogP contribution >= 0.6 is 11.3 Å². The first kappa shape index (κ1) is 13.1. The fraction of sp³-hybridized carbons (Fsp3) is 0.714. The molecular weight excluding hydrogens is 228 g/mol. The van der Waals surface area contributed by atoms with Crippen LogP contribution < -0.4 is 5.32 Å². The second kappa shape index (κ2) is 5.98. The summed E-state index contributed by atoms with van der Waals surface area (Å²) in [5.41, 5.74) is 0. The highest BCUT2D eigenvalue weighted by Gasteiger charge is 2.25. The number of rotatable bonds is 5. The summed E-state index contributed by atoms with van der Waals surface area (Å²) in [5, 5.41) is 5.77. The summed E-state index contributed by atoms with van der Waals surface area (Å²) in [7, 11) is 0. The lowest BCUT2D eigenvalue weighted by molar-refractivity contribution is 0.261. The Morgan fingerprint density at radius 2 is 2.35 bits per heavy atom. The van der Waals surface area contributed by atoms with Crippen LogP contribution in [0.15, 0.2) is 17.5 Å².